The Balaban J connectivity index is 1.84. The molecule has 3 aromatic rings. The molecule has 0 heterocycles. The van der Waals surface area contributed by atoms with E-state index in [4.69, 9.17) is 5.73 Å². The molecule has 0 aliphatic heterocycles. The largest absolute Gasteiger partial charge is 0.398 e. The first kappa shape index (κ1) is 14.5. The Kier molecular flexibility index (Phi) is 4.62. The van der Waals surface area contributed by atoms with Gasteiger partial charge in [0.1, 0.15) is 0 Å². The van der Waals surface area contributed by atoms with E-state index in [1.807, 2.05) is 30.3 Å². The van der Waals surface area contributed by atoms with Gasteiger partial charge in [-0.1, -0.05) is 78.5 Å². The van der Waals surface area contributed by atoms with E-state index < -0.39 is 0 Å². The molecule has 0 unspecified atom stereocenters. The molecule has 2 heteroatoms. The third kappa shape index (κ3) is 3.41. The minimum atomic E-state index is 0.813. The lowest BCUT2D eigenvalue weighted by Crippen LogP contribution is -1.85. The van der Waals surface area contributed by atoms with Gasteiger partial charge >= 0.3 is 0 Å². The van der Waals surface area contributed by atoms with Gasteiger partial charge in [-0.2, -0.15) is 0 Å². The van der Waals surface area contributed by atoms with Gasteiger partial charge in [-0.25, -0.2) is 0 Å². The maximum atomic E-state index is 5.97. The molecule has 2 N–H and O–H groups in total. The van der Waals surface area contributed by atoms with Crippen molar-refractivity contribution < 1.29 is 0 Å². The zero-order chi connectivity index (χ0) is 15.2. The van der Waals surface area contributed by atoms with Crippen molar-refractivity contribution >= 4 is 23.5 Å². The first-order valence-electron chi connectivity index (χ1n) is 7.17. The van der Waals surface area contributed by atoms with Gasteiger partial charge in [0.2, 0.25) is 0 Å². The molecule has 0 bridgehead atoms. The normalized spacial score (nSPS) is 10.9. The van der Waals surface area contributed by atoms with Crippen molar-refractivity contribution in [1.29, 1.82) is 0 Å². The summed E-state index contributed by atoms with van der Waals surface area (Å²) in [5, 5.41) is 2.09. The van der Waals surface area contributed by atoms with E-state index in [-0.39, 0.29) is 0 Å². The predicted octanol–water partition coefficient (Wildman–Crippen LogP) is 5.70. The van der Waals surface area contributed by atoms with E-state index in [2.05, 4.69) is 60.0 Å². The third-order valence-electron chi connectivity index (χ3n) is 3.41. The highest BCUT2D eigenvalue weighted by Crippen LogP contribution is 2.28. The van der Waals surface area contributed by atoms with Crippen molar-refractivity contribution in [2.24, 2.45) is 0 Å². The van der Waals surface area contributed by atoms with Crippen molar-refractivity contribution in [3.63, 3.8) is 0 Å². The van der Waals surface area contributed by atoms with E-state index in [1.54, 1.807) is 11.8 Å². The summed E-state index contributed by atoms with van der Waals surface area (Å²) in [6.07, 6.45) is 2.14. The molecular weight excluding hydrogens is 286 g/mol. The van der Waals surface area contributed by atoms with Gasteiger partial charge in [-0.3, -0.25) is 0 Å². The Labute approximate surface area is 135 Å². The summed E-state index contributed by atoms with van der Waals surface area (Å²) < 4.78 is 0. The van der Waals surface area contributed by atoms with E-state index in [1.165, 1.54) is 16.7 Å². The lowest BCUT2D eigenvalue weighted by atomic mass is 10.00. The van der Waals surface area contributed by atoms with Crippen molar-refractivity contribution in [2.45, 2.75) is 4.90 Å². The van der Waals surface area contributed by atoms with Crippen LogP contribution < -0.4 is 5.73 Å². The number of benzene rings is 3. The Morgan fingerprint density at radius 2 is 1.41 bits per heavy atom. The molecule has 0 saturated carbocycles. The number of para-hydroxylation sites is 1. The first-order chi connectivity index (χ1) is 10.8. The van der Waals surface area contributed by atoms with Gasteiger partial charge < -0.3 is 5.73 Å². The third-order valence-corrected chi connectivity index (χ3v) is 4.31. The lowest BCUT2D eigenvalue weighted by Gasteiger charge is -2.06. The maximum Gasteiger partial charge on any atom is 0.0455 e. The Morgan fingerprint density at radius 1 is 0.727 bits per heavy atom. The molecule has 3 rings (SSSR count). The van der Waals surface area contributed by atoms with Crippen LogP contribution in [0, 0.1) is 0 Å². The molecule has 0 radical (unpaired) electrons. The van der Waals surface area contributed by atoms with E-state index in [0.29, 0.717) is 0 Å². The minimum absolute atomic E-state index is 0.813. The van der Waals surface area contributed by atoms with Gasteiger partial charge in [0.15, 0.2) is 0 Å². The van der Waals surface area contributed by atoms with Gasteiger partial charge in [-0.15, -0.1) is 0 Å². The Morgan fingerprint density at radius 3 is 2.23 bits per heavy atom. The standard InChI is InChI=1S/C20H17NS/c21-19-12-6-7-13-20(19)22-15-14-17-10-4-5-11-18(17)16-8-2-1-3-9-16/h1-15H,21H2/b15-14-. The fraction of sp³-hybridized carbons (Fsp3) is 0. The van der Waals surface area contributed by atoms with E-state index in [0.717, 1.165) is 10.6 Å². The van der Waals surface area contributed by atoms with Crippen LogP contribution in [0.15, 0.2) is 89.2 Å². The van der Waals surface area contributed by atoms with Gasteiger partial charge in [0, 0.05) is 10.6 Å². The topological polar surface area (TPSA) is 26.0 Å². The van der Waals surface area contributed by atoms with E-state index >= 15 is 0 Å². The Hall–Kier alpha value is -2.45. The van der Waals surface area contributed by atoms with Crippen LogP contribution in [0.25, 0.3) is 17.2 Å². The number of anilines is 1. The molecular formula is C20H17NS. The lowest BCUT2D eigenvalue weighted by molar-refractivity contribution is 1.47. The van der Waals surface area contributed by atoms with Crippen LogP contribution in [0.1, 0.15) is 5.56 Å². The van der Waals surface area contributed by atoms with Crippen molar-refractivity contribution in [1.82, 2.24) is 0 Å². The second-order valence-electron chi connectivity index (χ2n) is 4.91. The van der Waals surface area contributed by atoms with Crippen LogP contribution in [0.3, 0.4) is 0 Å². The van der Waals surface area contributed by atoms with Crippen LogP contribution in [0.4, 0.5) is 5.69 Å². The second-order valence-corrected chi connectivity index (χ2v) is 5.86. The monoisotopic (exact) mass is 303 g/mol. The van der Waals surface area contributed by atoms with Gasteiger partial charge in [-0.05, 0) is 40.3 Å². The molecule has 0 atom stereocenters. The number of hydrogen-bond donors (Lipinski definition) is 1. The average molecular weight is 303 g/mol. The molecule has 0 spiro atoms. The van der Waals surface area contributed by atoms with Crippen LogP contribution in [-0.2, 0) is 0 Å². The fourth-order valence-corrected chi connectivity index (χ4v) is 3.01. The number of hydrogen-bond acceptors (Lipinski definition) is 2. The zero-order valence-electron chi connectivity index (χ0n) is 12.1. The minimum Gasteiger partial charge on any atom is -0.398 e. The van der Waals surface area contributed by atoms with Crippen LogP contribution in [0.5, 0.6) is 0 Å². The quantitative estimate of drug-likeness (QED) is 0.494. The smallest absolute Gasteiger partial charge is 0.0455 e. The van der Waals surface area contributed by atoms with E-state index in [9.17, 15) is 0 Å². The summed E-state index contributed by atoms with van der Waals surface area (Å²) in [7, 11) is 0. The summed E-state index contributed by atoms with van der Waals surface area (Å²) in [6.45, 7) is 0. The highest BCUT2D eigenvalue weighted by molar-refractivity contribution is 8.02. The molecule has 0 amide bonds. The van der Waals surface area contributed by atoms with Gasteiger partial charge in [0.25, 0.3) is 0 Å². The highest BCUT2D eigenvalue weighted by Gasteiger charge is 2.01. The summed E-state index contributed by atoms with van der Waals surface area (Å²) in [5.74, 6) is 0. The number of rotatable bonds is 4. The molecule has 22 heavy (non-hydrogen) atoms. The Bertz CT molecular complexity index is 778. The molecule has 108 valence electrons. The average Bonchev–Trinajstić information content (AvgIpc) is 2.58. The fourth-order valence-electron chi connectivity index (χ4n) is 2.29. The van der Waals surface area contributed by atoms with Crippen molar-refractivity contribution in [3.8, 4) is 11.1 Å². The molecule has 0 aromatic heterocycles. The zero-order valence-corrected chi connectivity index (χ0v) is 13.0. The molecule has 0 fully saturated rings. The number of nitrogen functional groups attached to an aromatic ring is 1. The van der Waals surface area contributed by atoms with Gasteiger partial charge in [0.05, 0.1) is 0 Å². The molecule has 0 saturated heterocycles. The van der Waals surface area contributed by atoms with Crippen molar-refractivity contribution in [3.05, 3.63) is 89.8 Å². The molecule has 1 nitrogen and oxygen atoms in total. The molecule has 0 aliphatic rings. The first-order valence-corrected chi connectivity index (χ1v) is 8.05. The summed E-state index contributed by atoms with van der Waals surface area (Å²) in [4.78, 5) is 1.08. The molecule has 0 aliphatic carbocycles. The summed E-state index contributed by atoms with van der Waals surface area (Å²) in [5.41, 5.74) is 10.4. The predicted molar refractivity (Wildman–Crippen MR) is 97.6 cm³/mol. The van der Waals surface area contributed by atoms with Crippen LogP contribution >= 0.6 is 11.8 Å². The highest BCUT2D eigenvalue weighted by atomic mass is 32.2. The SMILES string of the molecule is Nc1ccccc1S/C=C\c1ccccc1-c1ccccc1. The number of thioether (sulfide) groups is 1. The second kappa shape index (κ2) is 7.01. The van der Waals surface area contributed by atoms with Crippen molar-refractivity contribution in [2.75, 3.05) is 5.73 Å². The summed E-state index contributed by atoms with van der Waals surface area (Å²) >= 11 is 1.64. The van der Waals surface area contributed by atoms with Crippen LogP contribution in [0.2, 0.25) is 0 Å². The van der Waals surface area contributed by atoms with Crippen LogP contribution in [-0.4, -0.2) is 0 Å². The maximum absolute atomic E-state index is 5.97. The number of nitrogens with two attached hydrogens (primary N) is 1. The summed E-state index contributed by atoms with van der Waals surface area (Å²) in [6, 6.07) is 26.8. The molecule has 3 aromatic carbocycles.